The van der Waals surface area contributed by atoms with Gasteiger partial charge in [0.25, 0.3) is 5.56 Å². The van der Waals surface area contributed by atoms with Crippen molar-refractivity contribution in [3.63, 3.8) is 0 Å². The molecule has 0 saturated heterocycles. The van der Waals surface area contributed by atoms with Crippen LogP contribution in [0.2, 0.25) is 0 Å². The Morgan fingerprint density at radius 2 is 2.04 bits per heavy atom. The Kier molecular flexibility index (Phi) is 5.09. The van der Waals surface area contributed by atoms with Crippen LogP contribution in [0.15, 0.2) is 41.7 Å². The summed E-state index contributed by atoms with van der Waals surface area (Å²) in [4.78, 5) is 33.2. The molecule has 2 aromatic heterocycles. The number of thiazole rings is 1. The summed E-state index contributed by atoms with van der Waals surface area (Å²) in [7, 11) is 1.61. The van der Waals surface area contributed by atoms with Gasteiger partial charge in [-0.05, 0) is 31.7 Å². The smallest absolute Gasteiger partial charge is 0.274 e. The van der Waals surface area contributed by atoms with Crippen molar-refractivity contribution in [1.29, 1.82) is 0 Å². The first kappa shape index (κ1) is 18.6. The number of carbonyl (C=O) groups excluding carboxylic acids is 1. The Morgan fingerprint density at radius 3 is 2.79 bits per heavy atom. The van der Waals surface area contributed by atoms with E-state index in [2.05, 4.69) is 11.7 Å². The summed E-state index contributed by atoms with van der Waals surface area (Å²) in [6, 6.07) is 7.28. The number of hydrogen-bond donors (Lipinski definition) is 0. The Morgan fingerprint density at radius 1 is 1.29 bits per heavy atom. The molecule has 1 amide bonds. The average Bonchev–Trinajstić information content (AvgIpc) is 3.13. The molecule has 0 N–H and O–H groups in total. The van der Waals surface area contributed by atoms with Gasteiger partial charge < -0.3 is 0 Å². The zero-order valence-corrected chi connectivity index (χ0v) is 16.7. The maximum atomic E-state index is 13.2. The first-order valence-corrected chi connectivity index (χ1v) is 10.2. The van der Waals surface area contributed by atoms with Crippen LogP contribution in [-0.2, 0) is 31.1 Å². The number of amides is 1. The topological polar surface area (TPSA) is 68.1 Å². The third-order valence-corrected chi connectivity index (χ3v) is 6.21. The Balaban J connectivity index is 1.69. The van der Waals surface area contributed by atoms with E-state index in [9.17, 15) is 9.59 Å². The van der Waals surface area contributed by atoms with Crippen molar-refractivity contribution in [2.24, 2.45) is 7.05 Å². The molecule has 1 aliphatic rings. The molecule has 4 rings (SSSR count). The Hall–Kier alpha value is -2.80. The van der Waals surface area contributed by atoms with E-state index >= 15 is 0 Å². The van der Waals surface area contributed by atoms with Crippen LogP contribution < -0.4 is 10.5 Å². The molecular weight excluding hydrogens is 372 g/mol. The van der Waals surface area contributed by atoms with Gasteiger partial charge in [-0.1, -0.05) is 24.3 Å². The molecule has 0 aliphatic heterocycles. The molecule has 1 aromatic carbocycles. The molecule has 2 heterocycles. The van der Waals surface area contributed by atoms with Gasteiger partial charge in [0.2, 0.25) is 5.91 Å². The van der Waals surface area contributed by atoms with Gasteiger partial charge in [0.1, 0.15) is 0 Å². The van der Waals surface area contributed by atoms with Crippen LogP contribution in [0.25, 0.3) is 10.8 Å². The van der Waals surface area contributed by atoms with Gasteiger partial charge in [0, 0.05) is 23.9 Å². The Labute approximate surface area is 167 Å². The van der Waals surface area contributed by atoms with Crippen LogP contribution in [0.5, 0.6) is 0 Å². The predicted molar refractivity (Wildman–Crippen MR) is 112 cm³/mol. The maximum absolute atomic E-state index is 13.2. The molecule has 0 spiro atoms. The fourth-order valence-electron chi connectivity index (χ4n) is 3.61. The van der Waals surface area contributed by atoms with Crippen LogP contribution in [0.1, 0.15) is 29.1 Å². The SMILES string of the molecule is C=CCN(C(=O)Cc1nn(C)c(=O)c2ccccc12)c1nc2c(s1)CCCC2. The number of rotatable bonds is 5. The maximum Gasteiger partial charge on any atom is 0.274 e. The third kappa shape index (κ3) is 3.38. The minimum atomic E-state index is -0.164. The monoisotopic (exact) mass is 394 g/mol. The van der Waals surface area contributed by atoms with Crippen molar-refractivity contribution in [2.45, 2.75) is 32.1 Å². The van der Waals surface area contributed by atoms with Crippen molar-refractivity contribution < 1.29 is 4.79 Å². The predicted octanol–water partition coefficient (Wildman–Crippen LogP) is 3.03. The van der Waals surface area contributed by atoms with Crippen LogP contribution >= 0.6 is 11.3 Å². The molecule has 0 atom stereocenters. The first-order chi connectivity index (χ1) is 13.6. The molecule has 0 fully saturated rings. The van der Waals surface area contributed by atoms with Gasteiger partial charge in [-0.15, -0.1) is 17.9 Å². The molecule has 3 aromatic rings. The molecule has 0 saturated carbocycles. The van der Waals surface area contributed by atoms with Crippen molar-refractivity contribution in [3.05, 3.63) is 63.5 Å². The van der Waals surface area contributed by atoms with Gasteiger partial charge in [0.15, 0.2) is 5.13 Å². The van der Waals surface area contributed by atoms with E-state index < -0.39 is 0 Å². The summed E-state index contributed by atoms with van der Waals surface area (Å²) in [5.74, 6) is -0.0951. The summed E-state index contributed by atoms with van der Waals surface area (Å²) >= 11 is 1.60. The van der Waals surface area contributed by atoms with Crippen molar-refractivity contribution in [3.8, 4) is 0 Å². The van der Waals surface area contributed by atoms with E-state index in [0.717, 1.165) is 35.5 Å². The van der Waals surface area contributed by atoms with Gasteiger partial charge in [-0.3, -0.25) is 14.5 Å². The summed E-state index contributed by atoms with van der Waals surface area (Å²) in [5.41, 5.74) is 1.55. The van der Waals surface area contributed by atoms with Crippen LogP contribution in [-0.4, -0.2) is 27.2 Å². The standard InChI is InChI=1S/C21H22N4O2S/c1-3-12-25(21-22-16-10-6-7-11-18(16)28-21)19(26)13-17-14-8-4-5-9-15(14)20(27)24(2)23-17/h3-5,8-9H,1,6-7,10-13H2,2H3. The lowest BCUT2D eigenvalue weighted by Gasteiger charge is -2.18. The fourth-order valence-corrected chi connectivity index (χ4v) is 4.79. The molecule has 6 nitrogen and oxygen atoms in total. The average molecular weight is 395 g/mol. The first-order valence-electron chi connectivity index (χ1n) is 9.43. The molecular formula is C21H22N4O2S. The highest BCUT2D eigenvalue weighted by Crippen LogP contribution is 2.32. The van der Waals surface area contributed by atoms with Crippen LogP contribution in [0.4, 0.5) is 5.13 Å². The quantitative estimate of drug-likeness (QED) is 0.624. The number of aryl methyl sites for hydroxylation is 3. The number of fused-ring (bicyclic) bond motifs is 2. The van der Waals surface area contributed by atoms with E-state index in [1.165, 1.54) is 16.0 Å². The second-order valence-corrected chi connectivity index (χ2v) is 8.03. The molecule has 7 heteroatoms. The van der Waals surface area contributed by atoms with E-state index in [-0.39, 0.29) is 17.9 Å². The zero-order valence-electron chi connectivity index (χ0n) is 15.9. The van der Waals surface area contributed by atoms with Gasteiger partial charge in [-0.2, -0.15) is 5.10 Å². The largest absolute Gasteiger partial charge is 0.284 e. The number of carbonyl (C=O) groups is 1. The summed E-state index contributed by atoms with van der Waals surface area (Å²) in [6.07, 6.45) is 6.17. The van der Waals surface area contributed by atoms with Crippen LogP contribution in [0, 0.1) is 0 Å². The number of hydrogen-bond acceptors (Lipinski definition) is 5. The molecule has 0 bridgehead atoms. The van der Waals surface area contributed by atoms with Crippen molar-refractivity contribution in [2.75, 3.05) is 11.4 Å². The second-order valence-electron chi connectivity index (χ2n) is 6.96. The van der Waals surface area contributed by atoms with Crippen molar-refractivity contribution >= 4 is 33.1 Å². The van der Waals surface area contributed by atoms with E-state index in [4.69, 9.17) is 4.98 Å². The Bertz CT molecular complexity index is 1090. The highest BCUT2D eigenvalue weighted by atomic mass is 32.1. The van der Waals surface area contributed by atoms with Gasteiger partial charge >= 0.3 is 0 Å². The highest BCUT2D eigenvalue weighted by Gasteiger charge is 2.23. The number of aromatic nitrogens is 3. The number of nitrogens with zero attached hydrogens (tertiary/aromatic N) is 4. The van der Waals surface area contributed by atoms with Crippen LogP contribution in [0.3, 0.4) is 0 Å². The zero-order chi connectivity index (χ0) is 19.7. The lowest BCUT2D eigenvalue weighted by molar-refractivity contribution is -0.117. The van der Waals surface area contributed by atoms with Gasteiger partial charge in [0.05, 0.1) is 23.2 Å². The highest BCUT2D eigenvalue weighted by molar-refractivity contribution is 7.16. The summed E-state index contributed by atoms with van der Waals surface area (Å²) in [6.45, 7) is 4.19. The lowest BCUT2D eigenvalue weighted by atomic mass is 10.0. The summed E-state index contributed by atoms with van der Waals surface area (Å²) in [5, 5.41) is 6.37. The molecule has 144 valence electrons. The normalized spacial score (nSPS) is 13.3. The molecule has 28 heavy (non-hydrogen) atoms. The van der Waals surface area contributed by atoms with Gasteiger partial charge in [-0.25, -0.2) is 9.67 Å². The fraction of sp³-hybridized carbons (Fsp3) is 0.333. The molecule has 0 unspecified atom stereocenters. The van der Waals surface area contributed by atoms with Crippen molar-refractivity contribution in [1.82, 2.24) is 14.8 Å². The summed E-state index contributed by atoms with van der Waals surface area (Å²) < 4.78 is 1.30. The van der Waals surface area contributed by atoms with E-state index in [1.807, 2.05) is 18.2 Å². The lowest BCUT2D eigenvalue weighted by Crippen LogP contribution is -2.33. The molecule has 0 radical (unpaired) electrons. The third-order valence-electron chi connectivity index (χ3n) is 5.03. The van der Waals surface area contributed by atoms with E-state index in [1.54, 1.807) is 35.4 Å². The number of anilines is 1. The molecule has 1 aliphatic carbocycles. The minimum absolute atomic E-state index is 0.0951. The second kappa shape index (κ2) is 7.67. The van der Waals surface area contributed by atoms with E-state index in [0.29, 0.717) is 17.6 Å². The minimum Gasteiger partial charge on any atom is -0.284 e. The number of benzene rings is 1.